The first-order valence-electron chi connectivity index (χ1n) is 9.13. The van der Waals surface area contributed by atoms with Gasteiger partial charge in [0.1, 0.15) is 0 Å². The fourth-order valence-electron chi connectivity index (χ4n) is 2.64. The number of benzene rings is 2. The molecule has 0 atom stereocenters. The summed E-state index contributed by atoms with van der Waals surface area (Å²) in [6.45, 7) is 4.27. The first-order valence-corrected chi connectivity index (χ1v) is 10.6. The maximum Gasteiger partial charge on any atom is 0.251 e. The van der Waals surface area contributed by atoms with Gasteiger partial charge in [-0.15, -0.1) is 0 Å². The molecule has 1 amide bonds. The van der Waals surface area contributed by atoms with Crippen molar-refractivity contribution in [3.63, 3.8) is 0 Å². The van der Waals surface area contributed by atoms with Crippen LogP contribution in [0.1, 0.15) is 23.1 Å². The van der Waals surface area contributed by atoms with Crippen molar-refractivity contribution < 1.29 is 13.2 Å². The van der Waals surface area contributed by atoms with Crippen molar-refractivity contribution in [1.29, 1.82) is 5.26 Å². The molecule has 0 heterocycles. The van der Waals surface area contributed by atoms with Gasteiger partial charge in [0.05, 0.1) is 17.4 Å². The van der Waals surface area contributed by atoms with Crippen LogP contribution in [0.15, 0.2) is 53.4 Å². The predicted octanol–water partition coefficient (Wildman–Crippen LogP) is 3.51. The standard InChI is InChI=1S/C22H25N3O3S/c1-17-6-10-20(16-18(17)2)25(15-5-14-23)22(26)13-9-19-7-11-21(12-8-19)29(27,28)24(3)4/h6-13,16H,5,15H2,1-4H3. The number of nitriles is 1. The second-order valence-corrected chi connectivity index (χ2v) is 9.01. The Bertz CT molecular complexity index is 1050. The summed E-state index contributed by atoms with van der Waals surface area (Å²) in [6.07, 6.45) is 3.29. The Morgan fingerprint density at radius 2 is 1.72 bits per heavy atom. The zero-order valence-electron chi connectivity index (χ0n) is 17.1. The third-order valence-electron chi connectivity index (χ3n) is 4.59. The molecule has 29 heavy (non-hydrogen) atoms. The van der Waals surface area contributed by atoms with E-state index in [0.717, 1.165) is 21.1 Å². The van der Waals surface area contributed by atoms with Crippen LogP contribution in [-0.4, -0.2) is 39.3 Å². The van der Waals surface area contributed by atoms with Crippen molar-refractivity contribution in [3.8, 4) is 6.07 Å². The molecule has 0 spiro atoms. The molecular formula is C22H25N3O3S. The smallest absolute Gasteiger partial charge is 0.251 e. The number of hydrogen-bond acceptors (Lipinski definition) is 4. The Morgan fingerprint density at radius 1 is 1.07 bits per heavy atom. The molecule has 2 rings (SSSR count). The van der Waals surface area contributed by atoms with Crippen molar-refractivity contribution in [2.24, 2.45) is 0 Å². The molecule has 0 N–H and O–H groups in total. The molecule has 6 nitrogen and oxygen atoms in total. The molecular weight excluding hydrogens is 386 g/mol. The molecule has 0 unspecified atom stereocenters. The third-order valence-corrected chi connectivity index (χ3v) is 6.42. The highest BCUT2D eigenvalue weighted by molar-refractivity contribution is 7.89. The minimum atomic E-state index is -3.49. The average Bonchev–Trinajstić information content (AvgIpc) is 2.69. The van der Waals surface area contributed by atoms with Crippen LogP contribution >= 0.6 is 0 Å². The lowest BCUT2D eigenvalue weighted by atomic mass is 10.1. The lowest BCUT2D eigenvalue weighted by Crippen LogP contribution is -2.30. The lowest BCUT2D eigenvalue weighted by Gasteiger charge is -2.21. The summed E-state index contributed by atoms with van der Waals surface area (Å²) in [7, 11) is -0.536. The molecule has 0 fully saturated rings. The number of sulfonamides is 1. The molecule has 0 bridgehead atoms. The molecule has 0 aliphatic rings. The second-order valence-electron chi connectivity index (χ2n) is 6.86. The molecule has 7 heteroatoms. The summed E-state index contributed by atoms with van der Waals surface area (Å²) in [6, 6.07) is 14.1. The molecule has 0 aliphatic carbocycles. The highest BCUT2D eigenvalue weighted by Gasteiger charge is 2.17. The van der Waals surface area contributed by atoms with Crippen LogP contribution < -0.4 is 4.90 Å². The summed E-state index contributed by atoms with van der Waals surface area (Å²) >= 11 is 0. The van der Waals surface area contributed by atoms with E-state index in [0.29, 0.717) is 12.1 Å². The number of nitrogens with zero attached hydrogens (tertiary/aromatic N) is 3. The molecule has 0 saturated carbocycles. The van der Waals surface area contributed by atoms with E-state index in [1.165, 1.54) is 32.3 Å². The van der Waals surface area contributed by atoms with Crippen molar-refractivity contribution in [2.45, 2.75) is 25.2 Å². The second kappa shape index (κ2) is 9.50. The van der Waals surface area contributed by atoms with Gasteiger partial charge in [0.2, 0.25) is 10.0 Å². The third kappa shape index (κ3) is 5.53. The minimum absolute atomic E-state index is 0.191. The van der Waals surface area contributed by atoms with E-state index in [4.69, 9.17) is 5.26 Å². The number of rotatable bonds is 7. The van der Waals surface area contributed by atoms with Crippen molar-refractivity contribution in [1.82, 2.24) is 4.31 Å². The maximum atomic E-state index is 12.8. The van der Waals surface area contributed by atoms with Crippen LogP contribution in [0.5, 0.6) is 0 Å². The van der Waals surface area contributed by atoms with Gasteiger partial charge in [0.15, 0.2) is 0 Å². The maximum absolute atomic E-state index is 12.8. The zero-order valence-corrected chi connectivity index (χ0v) is 17.9. The first-order chi connectivity index (χ1) is 13.7. The Hall–Kier alpha value is -2.95. The van der Waals surface area contributed by atoms with Gasteiger partial charge in [-0.2, -0.15) is 5.26 Å². The number of carbonyl (C=O) groups is 1. The highest BCUT2D eigenvalue weighted by Crippen LogP contribution is 2.20. The number of carbonyl (C=O) groups excluding carboxylic acids is 1. The van der Waals surface area contributed by atoms with Gasteiger partial charge in [-0.3, -0.25) is 4.79 Å². The topological polar surface area (TPSA) is 81.5 Å². The van der Waals surface area contributed by atoms with Crippen LogP contribution in [0.4, 0.5) is 5.69 Å². The molecule has 0 aliphatic heterocycles. The number of hydrogen-bond donors (Lipinski definition) is 0. The van der Waals surface area contributed by atoms with Gasteiger partial charge < -0.3 is 4.90 Å². The minimum Gasteiger partial charge on any atom is -0.308 e. The highest BCUT2D eigenvalue weighted by atomic mass is 32.2. The van der Waals surface area contributed by atoms with Crippen LogP contribution in [-0.2, 0) is 14.8 Å². The summed E-state index contributed by atoms with van der Waals surface area (Å²) < 4.78 is 25.4. The van der Waals surface area contributed by atoms with Crippen LogP contribution in [0.3, 0.4) is 0 Å². The SMILES string of the molecule is Cc1ccc(N(CCC#N)C(=O)C=Cc2ccc(S(=O)(=O)N(C)C)cc2)cc1C. The van der Waals surface area contributed by atoms with Crippen molar-refractivity contribution >= 4 is 27.7 Å². The van der Waals surface area contributed by atoms with Gasteiger partial charge in [-0.1, -0.05) is 18.2 Å². The average molecular weight is 412 g/mol. The van der Waals surface area contributed by atoms with Crippen molar-refractivity contribution in [2.75, 3.05) is 25.5 Å². The summed E-state index contributed by atoms with van der Waals surface area (Å²) in [5, 5.41) is 8.92. The summed E-state index contributed by atoms with van der Waals surface area (Å²) in [4.78, 5) is 14.5. The first kappa shape index (κ1) is 22.3. The number of aryl methyl sites for hydroxylation is 2. The Kier molecular flexibility index (Phi) is 7.32. The normalized spacial score (nSPS) is 11.6. The quantitative estimate of drug-likeness (QED) is 0.653. The fourth-order valence-corrected chi connectivity index (χ4v) is 3.54. The van der Waals surface area contributed by atoms with E-state index >= 15 is 0 Å². The van der Waals surface area contributed by atoms with E-state index in [1.807, 2.05) is 32.0 Å². The van der Waals surface area contributed by atoms with E-state index in [9.17, 15) is 13.2 Å². The summed E-state index contributed by atoms with van der Waals surface area (Å²) in [5.74, 6) is -0.242. The van der Waals surface area contributed by atoms with Gasteiger partial charge in [0.25, 0.3) is 5.91 Å². The lowest BCUT2D eigenvalue weighted by molar-refractivity contribution is -0.114. The molecule has 152 valence electrons. The fraction of sp³-hybridized carbons (Fsp3) is 0.273. The Morgan fingerprint density at radius 3 is 2.28 bits per heavy atom. The van der Waals surface area contributed by atoms with E-state index in [2.05, 4.69) is 6.07 Å². The molecule has 0 aromatic heterocycles. The van der Waals surface area contributed by atoms with Gasteiger partial charge in [-0.25, -0.2) is 12.7 Å². The van der Waals surface area contributed by atoms with E-state index in [1.54, 1.807) is 23.1 Å². The van der Waals surface area contributed by atoms with Crippen LogP contribution in [0.25, 0.3) is 6.08 Å². The van der Waals surface area contributed by atoms with Gasteiger partial charge in [0, 0.05) is 32.4 Å². The molecule has 0 saturated heterocycles. The molecule has 0 radical (unpaired) electrons. The Labute approximate surface area is 172 Å². The molecule has 2 aromatic rings. The Balaban J connectivity index is 2.23. The summed E-state index contributed by atoms with van der Waals surface area (Å²) in [5.41, 5.74) is 3.64. The predicted molar refractivity (Wildman–Crippen MR) is 115 cm³/mol. The van der Waals surface area contributed by atoms with Crippen LogP contribution in [0, 0.1) is 25.2 Å². The van der Waals surface area contributed by atoms with Gasteiger partial charge in [-0.05, 0) is 60.9 Å². The van der Waals surface area contributed by atoms with Gasteiger partial charge >= 0.3 is 0 Å². The van der Waals surface area contributed by atoms with Crippen LogP contribution in [0.2, 0.25) is 0 Å². The monoisotopic (exact) mass is 411 g/mol. The molecule has 2 aromatic carbocycles. The number of anilines is 1. The zero-order chi connectivity index (χ0) is 21.6. The van der Waals surface area contributed by atoms with E-state index < -0.39 is 10.0 Å². The van der Waals surface area contributed by atoms with E-state index in [-0.39, 0.29) is 17.2 Å². The van der Waals surface area contributed by atoms with Crippen molar-refractivity contribution in [3.05, 3.63) is 65.2 Å². The number of amides is 1. The largest absolute Gasteiger partial charge is 0.308 e.